The monoisotopic (exact) mass is 235 g/mol. The van der Waals surface area contributed by atoms with Crippen LogP contribution in [0.3, 0.4) is 0 Å². The second kappa shape index (κ2) is 5.96. The van der Waals surface area contributed by atoms with Crippen LogP contribution in [0.25, 0.3) is 0 Å². The molecule has 0 spiro atoms. The van der Waals surface area contributed by atoms with Gasteiger partial charge in [-0.2, -0.15) is 0 Å². The molecular weight excluding hydrogens is 214 g/mol. The summed E-state index contributed by atoms with van der Waals surface area (Å²) >= 11 is 0. The largest absolute Gasteiger partial charge is 0.395 e. The van der Waals surface area contributed by atoms with Crippen LogP contribution in [-0.2, 0) is 6.42 Å². The maximum Gasteiger partial charge on any atom is 0.132 e. The van der Waals surface area contributed by atoms with Gasteiger partial charge in [0.2, 0.25) is 0 Å². The minimum absolute atomic E-state index is 0.184. The Morgan fingerprint density at radius 2 is 2.24 bits per heavy atom. The van der Waals surface area contributed by atoms with E-state index in [2.05, 4.69) is 27.9 Å². The standard InChI is InChI=1S/C13H21N3O/c1-2-4-11-9-13(15-10-14-11)16(7-8-17)12-5-3-6-12/h9-10,12,17H,2-8H2,1H3. The third-order valence-electron chi connectivity index (χ3n) is 3.37. The van der Waals surface area contributed by atoms with Gasteiger partial charge in [0.25, 0.3) is 0 Å². The summed E-state index contributed by atoms with van der Waals surface area (Å²) in [6.45, 7) is 3.01. The maximum atomic E-state index is 9.15. The van der Waals surface area contributed by atoms with Gasteiger partial charge in [0.05, 0.1) is 6.61 Å². The summed E-state index contributed by atoms with van der Waals surface area (Å²) in [4.78, 5) is 10.8. The molecule has 1 aromatic heterocycles. The van der Waals surface area contributed by atoms with Crippen LogP contribution in [0.1, 0.15) is 38.3 Å². The van der Waals surface area contributed by atoms with E-state index in [-0.39, 0.29) is 6.61 Å². The van der Waals surface area contributed by atoms with Crippen molar-refractivity contribution in [3.63, 3.8) is 0 Å². The number of aliphatic hydroxyl groups excluding tert-OH is 1. The van der Waals surface area contributed by atoms with Crippen LogP contribution in [-0.4, -0.2) is 34.3 Å². The Kier molecular flexibility index (Phi) is 4.31. The molecule has 1 aliphatic carbocycles. The summed E-state index contributed by atoms with van der Waals surface area (Å²) in [5.41, 5.74) is 1.10. The summed E-state index contributed by atoms with van der Waals surface area (Å²) in [5, 5.41) is 9.15. The lowest BCUT2D eigenvalue weighted by molar-refractivity contribution is 0.283. The number of anilines is 1. The zero-order chi connectivity index (χ0) is 12.1. The highest BCUT2D eigenvalue weighted by Crippen LogP contribution is 2.28. The normalized spacial score (nSPS) is 15.6. The van der Waals surface area contributed by atoms with Crippen LogP contribution >= 0.6 is 0 Å². The van der Waals surface area contributed by atoms with Gasteiger partial charge in [0.15, 0.2) is 0 Å². The van der Waals surface area contributed by atoms with Crippen molar-refractivity contribution in [2.75, 3.05) is 18.1 Å². The lowest BCUT2D eigenvalue weighted by Crippen LogP contribution is -2.42. The van der Waals surface area contributed by atoms with Crippen LogP contribution in [0, 0.1) is 0 Å². The Bertz CT molecular complexity index is 352. The topological polar surface area (TPSA) is 49.2 Å². The van der Waals surface area contributed by atoms with E-state index in [0.29, 0.717) is 12.6 Å². The zero-order valence-electron chi connectivity index (χ0n) is 10.5. The summed E-state index contributed by atoms with van der Waals surface area (Å²) < 4.78 is 0. The maximum absolute atomic E-state index is 9.15. The van der Waals surface area contributed by atoms with Gasteiger partial charge >= 0.3 is 0 Å². The van der Waals surface area contributed by atoms with Gasteiger partial charge in [-0.3, -0.25) is 0 Å². The Morgan fingerprint density at radius 3 is 2.82 bits per heavy atom. The van der Waals surface area contributed by atoms with Crippen LogP contribution < -0.4 is 4.90 Å². The van der Waals surface area contributed by atoms with Gasteiger partial charge in [-0.25, -0.2) is 9.97 Å². The van der Waals surface area contributed by atoms with Gasteiger partial charge in [-0.05, 0) is 25.7 Å². The second-order valence-electron chi connectivity index (χ2n) is 4.62. The Morgan fingerprint density at radius 1 is 1.41 bits per heavy atom. The molecular formula is C13H21N3O. The molecule has 0 bridgehead atoms. The van der Waals surface area contributed by atoms with Crippen LogP contribution in [0.5, 0.6) is 0 Å². The summed E-state index contributed by atoms with van der Waals surface area (Å²) in [6, 6.07) is 2.63. The lowest BCUT2D eigenvalue weighted by atomic mass is 9.91. The Hall–Kier alpha value is -1.16. The van der Waals surface area contributed by atoms with Crippen molar-refractivity contribution in [2.45, 2.75) is 45.1 Å². The van der Waals surface area contributed by atoms with Gasteiger partial charge in [-0.15, -0.1) is 0 Å². The van der Waals surface area contributed by atoms with E-state index < -0.39 is 0 Å². The highest BCUT2D eigenvalue weighted by Gasteiger charge is 2.25. The first-order valence-corrected chi connectivity index (χ1v) is 6.53. The van der Waals surface area contributed by atoms with Crippen molar-refractivity contribution < 1.29 is 5.11 Å². The van der Waals surface area contributed by atoms with Crippen LogP contribution in [0.4, 0.5) is 5.82 Å². The molecule has 1 fully saturated rings. The molecule has 0 unspecified atom stereocenters. The average molecular weight is 235 g/mol. The lowest BCUT2D eigenvalue weighted by Gasteiger charge is -2.38. The molecule has 0 radical (unpaired) electrons. The molecule has 0 saturated heterocycles. The van der Waals surface area contributed by atoms with Crippen LogP contribution in [0.15, 0.2) is 12.4 Å². The van der Waals surface area contributed by atoms with E-state index in [4.69, 9.17) is 5.11 Å². The second-order valence-corrected chi connectivity index (χ2v) is 4.62. The smallest absolute Gasteiger partial charge is 0.132 e. The van der Waals surface area contributed by atoms with E-state index in [9.17, 15) is 0 Å². The first-order valence-electron chi connectivity index (χ1n) is 6.53. The Labute approximate surface area is 103 Å². The molecule has 0 amide bonds. The van der Waals surface area contributed by atoms with Crippen LogP contribution in [0.2, 0.25) is 0 Å². The van der Waals surface area contributed by atoms with Crippen molar-refractivity contribution in [3.8, 4) is 0 Å². The fourth-order valence-corrected chi connectivity index (χ4v) is 2.23. The molecule has 0 atom stereocenters. The predicted molar refractivity (Wildman–Crippen MR) is 68.1 cm³/mol. The first-order chi connectivity index (χ1) is 8.35. The number of hydrogen-bond donors (Lipinski definition) is 1. The zero-order valence-corrected chi connectivity index (χ0v) is 10.5. The number of nitrogens with zero attached hydrogens (tertiary/aromatic N) is 3. The van der Waals surface area contributed by atoms with Crippen molar-refractivity contribution in [2.24, 2.45) is 0 Å². The first kappa shape index (κ1) is 12.3. The third kappa shape index (κ3) is 2.94. The SMILES string of the molecule is CCCc1cc(N(CCO)C2CCC2)ncn1. The highest BCUT2D eigenvalue weighted by atomic mass is 16.3. The molecule has 1 aliphatic rings. The van der Waals surface area contributed by atoms with Crippen molar-refractivity contribution in [3.05, 3.63) is 18.1 Å². The van der Waals surface area contributed by atoms with Gasteiger partial charge in [0, 0.05) is 24.3 Å². The Balaban J connectivity index is 2.13. The minimum atomic E-state index is 0.184. The predicted octanol–water partition coefficient (Wildman–Crippen LogP) is 1.78. The van der Waals surface area contributed by atoms with E-state index in [0.717, 1.165) is 24.4 Å². The molecule has 2 rings (SSSR count). The van der Waals surface area contributed by atoms with E-state index in [1.165, 1.54) is 19.3 Å². The molecule has 1 aromatic rings. The third-order valence-corrected chi connectivity index (χ3v) is 3.37. The molecule has 1 N–H and O–H groups in total. The van der Waals surface area contributed by atoms with Crippen molar-refractivity contribution in [1.29, 1.82) is 0 Å². The highest BCUT2D eigenvalue weighted by molar-refractivity contribution is 5.41. The fraction of sp³-hybridized carbons (Fsp3) is 0.692. The minimum Gasteiger partial charge on any atom is -0.395 e. The van der Waals surface area contributed by atoms with E-state index in [1.807, 2.05) is 0 Å². The van der Waals surface area contributed by atoms with Crippen molar-refractivity contribution >= 4 is 5.82 Å². The molecule has 1 saturated carbocycles. The number of rotatable bonds is 6. The van der Waals surface area contributed by atoms with E-state index >= 15 is 0 Å². The summed E-state index contributed by atoms with van der Waals surface area (Å²) in [7, 11) is 0. The molecule has 0 aliphatic heterocycles. The fourth-order valence-electron chi connectivity index (χ4n) is 2.23. The number of aryl methyl sites for hydroxylation is 1. The molecule has 17 heavy (non-hydrogen) atoms. The molecule has 94 valence electrons. The summed E-state index contributed by atoms with van der Waals surface area (Å²) in [6.07, 6.45) is 7.45. The quantitative estimate of drug-likeness (QED) is 0.816. The van der Waals surface area contributed by atoms with E-state index in [1.54, 1.807) is 6.33 Å². The van der Waals surface area contributed by atoms with Gasteiger partial charge in [0.1, 0.15) is 12.1 Å². The van der Waals surface area contributed by atoms with Gasteiger partial charge < -0.3 is 10.0 Å². The number of aromatic nitrogens is 2. The number of hydrogen-bond acceptors (Lipinski definition) is 4. The molecule has 4 nitrogen and oxygen atoms in total. The summed E-state index contributed by atoms with van der Waals surface area (Å²) in [5.74, 6) is 0.974. The molecule has 4 heteroatoms. The van der Waals surface area contributed by atoms with Crippen molar-refractivity contribution in [1.82, 2.24) is 9.97 Å². The molecule has 0 aromatic carbocycles. The van der Waals surface area contributed by atoms with Gasteiger partial charge in [-0.1, -0.05) is 13.3 Å². The number of aliphatic hydroxyl groups is 1. The molecule has 1 heterocycles. The average Bonchev–Trinajstić information content (AvgIpc) is 2.27.